The summed E-state index contributed by atoms with van der Waals surface area (Å²) in [6, 6.07) is 8.11. The number of rotatable bonds is 6. The van der Waals surface area contributed by atoms with Gasteiger partial charge in [0.15, 0.2) is 5.78 Å². The SMILES string of the molecule is Cc1ccc(C)c(S(=O)(=O)N2CCN(CC(=O)c3cc(C)n(C4CCCC4)c3C)CC2)c1. The molecule has 0 amide bonds. The highest BCUT2D eigenvalue weighted by Crippen LogP contribution is 2.33. The molecule has 2 heterocycles. The Morgan fingerprint density at radius 2 is 1.62 bits per heavy atom. The van der Waals surface area contributed by atoms with Gasteiger partial charge in [-0.2, -0.15) is 4.31 Å². The number of Topliss-reactive ketones (excluding diaryl/α,β-unsaturated/α-hetero) is 1. The summed E-state index contributed by atoms with van der Waals surface area (Å²) in [5.41, 5.74) is 4.77. The Balaban J connectivity index is 1.41. The normalized spacial score (nSPS) is 19.0. The number of carbonyl (C=O) groups excluding carboxylic acids is 1. The van der Waals surface area contributed by atoms with Crippen molar-refractivity contribution in [3.05, 3.63) is 52.3 Å². The lowest BCUT2D eigenvalue weighted by Gasteiger charge is -2.33. The number of benzene rings is 1. The molecule has 1 aliphatic carbocycles. The maximum absolute atomic E-state index is 13.2. The van der Waals surface area contributed by atoms with Crippen molar-refractivity contribution < 1.29 is 13.2 Å². The zero-order chi connectivity index (χ0) is 23.0. The highest BCUT2D eigenvalue weighted by Gasteiger charge is 2.31. The molecule has 7 heteroatoms. The van der Waals surface area contributed by atoms with Crippen LogP contribution in [-0.4, -0.2) is 60.7 Å². The summed E-state index contributed by atoms with van der Waals surface area (Å²) in [4.78, 5) is 15.6. The fraction of sp³-hybridized carbons (Fsp3) is 0.560. The molecular formula is C25H35N3O3S. The van der Waals surface area contributed by atoms with Crippen LogP contribution < -0.4 is 0 Å². The van der Waals surface area contributed by atoms with Gasteiger partial charge in [0.25, 0.3) is 0 Å². The number of sulfonamides is 1. The molecule has 2 aliphatic rings. The van der Waals surface area contributed by atoms with Crippen molar-refractivity contribution in [2.75, 3.05) is 32.7 Å². The Kier molecular flexibility index (Phi) is 6.61. The summed E-state index contributed by atoms with van der Waals surface area (Å²) in [7, 11) is -3.52. The van der Waals surface area contributed by atoms with Crippen LogP contribution in [0.1, 0.15) is 64.6 Å². The van der Waals surface area contributed by atoms with E-state index in [-0.39, 0.29) is 5.78 Å². The molecule has 2 fully saturated rings. The van der Waals surface area contributed by atoms with Crippen LogP contribution in [0.2, 0.25) is 0 Å². The van der Waals surface area contributed by atoms with Crippen molar-refractivity contribution in [3.8, 4) is 0 Å². The van der Waals surface area contributed by atoms with E-state index in [0.717, 1.165) is 22.4 Å². The molecule has 4 rings (SSSR count). The van der Waals surface area contributed by atoms with E-state index in [1.807, 2.05) is 32.0 Å². The Morgan fingerprint density at radius 3 is 2.28 bits per heavy atom. The van der Waals surface area contributed by atoms with E-state index >= 15 is 0 Å². The minimum atomic E-state index is -3.52. The van der Waals surface area contributed by atoms with Gasteiger partial charge in [0.1, 0.15) is 0 Å². The monoisotopic (exact) mass is 457 g/mol. The first-order chi connectivity index (χ1) is 15.2. The summed E-state index contributed by atoms with van der Waals surface area (Å²) in [6.07, 6.45) is 4.92. The molecule has 1 saturated heterocycles. The largest absolute Gasteiger partial charge is 0.345 e. The molecule has 1 aromatic heterocycles. The summed E-state index contributed by atoms with van der Waals surface area (Å²) < 4.78 is 30.2. The summed E-state index contributed by atoms with van der Waals surface area (Å²) in [5.74, 6) is 0.133. The lowest BCUT2D eigenvalue weighted by Crippen LogP contribution is -2.49. The number of hydrogen-bond acceptors (Lipinski definition) is 4. The molecule has 1 aliphatic heterocycles. The Morgan fingerprint density at radius 1 is 0.969 bits per heavy atom. The predicted molar refractivity (Wildman–Crippen MR) is 127 cm³/mol. The van der Waals surface area contributed by atoms with Crippen LogP contribution in [0.5, 0.6) is 0 Å². The Labute approximate surface area is 192 Å². The van der Waals surface area contributed by atoms with E-state index in [2.05, 4.69) is 23.3 Å². The maximum atomic E-state index is 13.2. The van der Waals surface area contributed by atoms with Crippen molar-refractivity contribution in [2.45, 2.75) is 64.3 Å². The van der Waals surface area contributed by atoms with Crippen LogP contribution in [-0.2, 0) is 10.0 Å². The zero-order valence-corrected chi connectivity index (χ0v) is 20.5. The second-order valence-electron chi connectivity index (χ2n) is 9.47. The maximum Gasteiger partial charge on any atom is 0.243 e. The van der Waals surface area contributed by atoms with Crippen LogP contribution >= 0.6 is 0 Å². The van der Waals surface area contributed by atoms with Gasteiger partial charge in [-0.1, -0.05) is 25.0 Å². The highest BCUT2D eigenvalue weighted by atomic mass is 32.2. The second-order valence-corrected chi connectivity index (χ2v) is 11.4. The molecule has 0 atom stereocenters. The first kappa shape index (κ1) is 23.2. The third-order valence-electron chi connectivity index (χ3n) is 7.13. The molecule has 0 unspecified atom stereocenters. The van der Waals surface area contributed by atoms with Gasteiger partial charge in [-0.15, -0.1) is 0 Å². The van der Waals surface area contributed by atoms with Crippen LogP contribution in [0.4, 0.5) is 0 Å². The lowest BCUT2D eigenvalue weighted by atomic mass is 10.1. The van der Waals surface area contributed by atoms with Gasteiger partial charge in [-0.05, 0) is 63.8 Å². The van der Waals surface area contributed by atoms with E-state index in [9.17, 15) is 13.2 Å². The number of aromatic nitrogens is 1. The second kappa shape index (κ2) is 9.12. The van der Waals surface area contributed by atoms with Gasteiger partial charge in [0.05, 0.1) is 11.4 Å². The molecule has 2 aromatic rings. The summed E-state index contributed by atoms with van der Waals surface area (Å²) in [6.45, 7) is 10.2. The quantitative estimate of drug-likeness (QED) is 0.615. The molecule has 32 heavy (non-hydrogen) atoms. The fourth-order valence-corrected chi connectivity index (χ4v) is 7.06. The molecule has 1 aromatic carbocycles. The molecule has 0 N–H and O–H groups in total. The van der Waals surface area contributed by atoms with Gasteiger partial charge < -0.3 is 4.57 Å². The summed E-state index contributed by atoms with van der Waals surface area (Å²) >= 11 is 0. The van der Waals surface area contributed by atoms with E-state index in [1.165, 1.54) is 31.4 Å². The topological polar surface area (TPSA) is 62.6 Å². The zero-order valence-electron chi connectivity index (χ0n) is 19.7. The number of aryl methyl sites for hydroxylation is 3. The molecule has 0 spiro atoms. The van der Waals surface area contributed by atoms with Crippen LogP contribution in [0, 0.1) is 27.7 Å². The molecule has 1 saturated carbocycles. The number of carbonyl (C=O) groups is 1. The number of piperazine rings is 1. The van der Waals surface area contributed by atoms with E-state index < -0.39 is 10.0 Å². The first-order valence-corrected chi connectivity index (χ1v) is 13.1. The van der Waals surface area contributed by atoms with Gasteiger partial charge >= 0.3 is 0 Å². The van der Waals surface area contributed by atoms with Crippen molar-refractivity contribution in [2.24, 2.45) is 0 Å². The Bertz CT molecular complexity index is 1110. The lowest BCUT2D eigenvalue weighted by molar-refractivity contribution is 0.0901. The fourth-order valence-electron chi connectivity index (χ4n) is 5.32. The Hall–Kier alpha value is -1.96. The van der Waals surface area contributed by atoms with Gasteiger partial charge in [0.2, 0.25) is 10.0 Å². The van der Waals surface area contributed by atoms with Gasteiger partial charge in [0, 0.05) is 49.2 Å². The van der Waals surface area contributed by atoms with Crippen LogP contribution in [0.15, 0.2) is 29.2 Å². The van der Waals surface area contributed by atoms with Crippen molar-refractivity contribution >= 4 is 15.8 Å². The highest BCUT2D eigenvalue weighted by molar-refractivity contribution is 7.89. The minimum absolute atomic E-state index is 0.133. The van der Waals surface area contributed by atoms with Crippen molar-refractivity contribution in [1.29, 1.82) is 0 Å². The van der Waals surface area contributed by atoms with E-state index in [1.54, 1.807) is 10.4 Å². The average Bonchev–Trinajstić information content (AvgIpc) is 3.37. The summed E-state index contributed by atoms with van der Waals surface area (Å²) in [5, 5.41) is 0. The number of ketones is 1. The van der Waals surface area contributed by atoms with Crippen LogP contribution in [0.3, 0.4) is 0 Å². The van der Waals surface area contributed by atoms with E-state index in [4.69, 9.17) is 0 Å². The van der Waals surface area contributed by atoms with E-state index in [0.29, 0.717) is 43.7 Å². The molecular weight excluding hydrogens is 422 g/mol. The van der Waals surface area contributed by atoms with Gasteiger partial charge in [-0.3, -0.25) is 9.69 Å². The predicted octanol–water partition coefficient (Wildman–Crippen LogP) is 4.03. The van der Waals surface area contributed by atoms with Crippen molar-refractivity contribution in [1.82, 2.24) is 13.8 Å². The third kappa shape index (κ3) is 4.43. The smallest absolute Gasteiger partial charge is 0.243 e. The van der Waals surface area contributed by atoms with Crippen molar-refractivity contribution in [3.63, 3.8) is 0 Å². The molecule has 0 radical (unpaired) electrons. The molecule has 0 bridgehead atoms. The standard InChI is InChI=1S/C25H35N3O3S/c1-18-9-10-19(2)25(15-18)32(30,31)27-13-11-26(12-14-27)17-24(29)23-16-20(3)28(21(23)4)22-7-5-6-8-22/h9-10,15-16,22H,5-8,11-14,17H2,1-4H3. The minimum Gasteiger partial charge on any atom is -0.345 e. The third-order valence-corrected chi connectivity index (χ3v) is 9.18. The number of nitrogens with zero attached hydrogens (tertiary/aromatic N) is 3. The average molecular weight is 458 g/mol. The molecule has 6 nitrogen and oxygen atoms in total. The van der Waals surface area contributed by atoms with Gasteiger partial charge in [-0.25, -0.2) is 8.42 Å². The number of hydrogen-bond donors (Lipinski definition) is 0. The first-order valence-electron chi connectivity index (χ1n) is 11.7. The molecule has 174 valence electrons. The van der Waals surface area contributed by atoms with Crippen LogP contribution in [0.25, 0.3) is 0 Å².